The molecule has 0 spiro atoms. The Labute approximate surface area is 140 Å². The van der Waals surface area contributed by atoms with Crippen LogP contribution in [-0.2, 0) is 4.79 Å². The quantitative estimate of drug-likeness (QED) is 0.627. The summed E-state index contributed by atoms with van der Waals surface area (Å²) in [7, 11) is 1.66. The van der Waals surface area contributed by atoms with Crippen LogP contribution in [0.5, 0.6) is 0 Å². The van der Waals surface area contributed by atoms with Gasteiger partial charge in [-0.2, -0.15) is 0 Å². The van der Waals surface area contributed by atoms with Gasteiger partial charge < -0.3 is 14.9 Å². The molecule has 3 aliphatic heterocycles. The van der Waals surface area contributed by atoms with E-state index in [2.05, 4.69) is 10.6 Å². The van der Waals surface area contributed by atoms with Crippen LogP contribution in [0, 0.1) is 6.92 Å². The van der Waals surface area contributed by atoms with Crippen LogP contribution in [0.1, 0.15) is 5.56 Å². The lowest BCUT2D eigenvalue weighted by molar-refractivity contribution is -0.128. The smallest absolute Gasteiger partial charge is 0.325 e. The third-order valence-corrected chi connectivity index (χ3v) is 5.02. The first-order valence-corrected chi connectivity index (χ1v) is 8.06. The monoisotopic (exact) mass is 331 g/mol. The molecule has 4 rings (SSSR count). The van der Waals surface area contributed by atoms with Gasteiger partial charge in [0.2, 0.25) is 5.91 Å². The van der Waals surface area contributed by atoms with Crippen molar-refractivity contribution < 1.29 is 14.7 Å². The minimum Gasteiger partial charge on any atom is -0.390 e. The van der Waals surface area contributed by atoms with Gasteiger partial charge in [0, 0.05) is 25.8 Å². The molecule has 0 aliphatic carbocycles. The molecule has 1 aromatic rings. The molecule has 4 atom stereocenters. The van der Waals surface area contributed by atoms with Gasteiger partial charge in [-0.3, -0.25) is 20.3 Å². The van der Waals surface area contributed by atoms with Gasteiger partial charge >= 0.3 is 6.03 Å². The number of hydrogen-bond donors (Lipinski definition) is 3. The van der Waals surface area contributed by atoms with Crippen molar-refractivity contribution in [3.63, 3.8) is 0 Å². The molecule has 3 heterocycles. The highest BCUT2D eigenvalue weighted by Gasteiger charge is 2.54. The Morgan fingerprint density at radius 2 is 1.88 bits per heavy atom. The number of hydrogen-bond acceptors (Lipinski definition) is 6. The van der Waals surface area contributed by atoms with Crippen LogP contribution in [0.4, 0.5) is 10.5 Å². The third kappa shape index (κ3) is 2.26. The topological polar surface area (TPSA) is 88.1 Å². The number of carbonyl (C=O) groups excluding carboxylic acids is 2. The van der Waals surface area contributed by atoms with E-state index in [1.54, 1.807) is 7.05 Å². The third-order valence-electron chi connectivity index (χ3n) is 5.02. The summed E-state index contributed by atoms with van der Waals surface area (Å²) in [6, 6.07) is 7.13. The van der Waals surface area contributed by atoms with E-state index in [-0.39, 0.29) is 12.2 Å². The second-order valence-electron chi connectivity index (χ2n) is 6.67. The molecule has 1 aromatic carbocycles. The summed E-state index contributed by atoms with van der Waals surface area (Å²) in [6.07, 6.45) is -1.22. The molecule has 3 fully saturated rings. The van der Waals surface area contributed by atoms with Gasteiger partial charge in [-0.1, -0.05) is 17.7 Å². The number of fused-ring (bicyclic) bond motifs is 3. The Morgan fingerprint density at radius 3 is 2.58 bits per heavy atom. The molecular weight excluding hydrogens is 310 g/mol. The Morgan fingerprint density at radius 1 is 1.17 bits per heavy atom. The fourth-order valence-electron chi connectivity index (χ4n) is 3.78. The summed E-state index contributed by atoms with van der Waals surface area (Å²) in [5, 5.41) is 16.1. The molecule has 128 valence electrons. The number of aliphatic hydroxyl groups is 1. The minimum atomic E-state index is -0.571. The molecule has 3 N–H and O–H groups in total. The zero-order valence-corrected chi connectivity index (χ0v) is 13.6. The molecule has 0 radical (unpaired) electrons. The lowest BCUT2D eigenvalue weighted by Gasteiger charge is -2.44. The van der Waals surface area contributed by atoms with E-state index in [1.807, 2.05) is 41.0 Å². The largest absolute Gasteiger partial charge is 0.390 e. The molecule has 3 amide bonds. The lowest BCUT2D eigenvalue weighted by Crippen LogP contribution is -2.66. The Kier molecular flexibility index (Phi) is 3.48. The van der Waals surface area contributed by atoms with E-state index in [4.69, 9.17) is 0 Å². The van der Waals surface area contributed by atoms with Crippen LogP contribution in [-0.4, -0.2) is 71.6 Å². The number of imide groups is 1. The van der Waals surface area contributed by atoms with Crippen molar-refractivity contribution >= 4 is 17.6 Å². The Balaban J connectivity index is 1.69. The Bertz CT molecular complexity index is 679. The molecule has 4 unspecified atom stereocenters. The number of aryl methyl sites for hydroxylation is 1. The number of carbonyl (C=O) groups is 2. The highest BCUT2D eigenvalue weighted by atomic mass is 16.3. The van der Waals surface area contributed by atoms with Crippen molar-refractivity contribution in [3.8, 4) is 0 Å². The van der Waals surface area contributed by atoms with Crippen molar-refractivity contribution in [3.05, 3.63) is 29.8 Å². The zero-order chi connectivity index (χ0) is 17.0. The lowest BCUT2D eigenvalue weighted by atomic mass is 10.1. The number of nitrogens with one attached hydrogen (secondary N) is 2. The van der Waals surface area contributed by atoms with Crippen molar-refractivity contribution in [2.45, 2.75) is 31.5 Å². The first-order chi connectivity index (χ1) is 11.5. The van der Waals surface area contributed by atoms with Gasteiger partial charge in [-0.25, -0.2) is 4.79 Å². The maximum Gasteiger partial charge on any atom is 0.325 e. The van der Waals surface area contributed by atoms with E-state index in [0.29, 0.717) is 13.1 Å². The molecule has 8 nitrogen and oxygen atoms in total. The maximum atomic E-state index is 12.3. The molecule has 0 saturated carbocycles. The predicted molar refractivity (Wildman–Crippen MR) is 87.0 cm³/mol. The molecule has 3 aliphatic rings. The Hall–Kier alpha value is -2.16. The number of nitrogens with zero attached hydrogens (tertiary/aromatic N) is 3. The molecule has 3 saturated heterocycles. The molecular formula is C16H21N5O3. The first-order valence-electron chi connectivity index (χ1n) is 8.06. The van der Waals surface area contributed by atoms with E-state index in [1.165, 1.54) is 4.90 Å². The number of benzene rings is 1. The average Bonchev–Trinajstić information content (AvgIpc) is 2.92. The highest BCUT2D eigenvalue weighted by Crippen LogP contribution is 2.31. The van der Waals surface area contributed by atoms with Crippen LogP contribution in [0.25, 0.3) is 0 Å². The summed E-state index contributed by atoms with van der Waals surface area (Å²) in [5.74, 6) is -0.323. The SMILES string of the molecule is Cc1ccc(N2CC(O)CN3C4C(=O)NC(=O)N(C)C4NC23)cc1. The van der Waals surface area contributed by atoms with E-state index >= 15 is 0 Å². The van der Waals surface area contributed by atoms with E-state index in [0.717, 1.165) is 11.3 Å². The van der Waals surface area contributed by atoms with E-state index in [9.17, 15) is 14.7 Å². The second kappa shape index (κ2) is 5.44. The van der Waals surface area contributed by atoms with Crippen molar-refractivity contribution in [2.75, 3.05) is 25.0 Å². The van der Waals surface area contributed by atoms with E-state index < -0.39 is 24.3 Å². The van der Waals surface area contributed by atoms with Crippen LogP contribution < -0.4 is 15.5 Å². The van der Waals surface area contributed by atoms with Crippen molar-refractivity contribution in [1.82, 2.24) is 20.4 Å². The number of likely N-dealkylation sites (N-methyl/N-ethyl adjacent to an activating group) is 1. The van der Waals surface area contributed by atoms with Gasteiger partial charge in [0.15, 0.2) is 0 Å². The predicted octanol–water partition coefficient (Wildman–Crippen LogP) is -0.759. The number of urea groups is 1. The van der Waals surface area contributed by atoms with Crippen molar-refractivity contribution in [1.29, 1.82) is 0 Å². The minimum absolute atomic E-state index is 0.245. The van der Waals surface area contributed by atoms with Crippen molar-refractivity contribution in [2.24, 2.45) is 0 Å². The standard InChI is InChI=1S/C16H21N5O3/c1-9-3-5-10(6-4-9)20-7-11(22)8-21-12-13(17-15(20)21)19(2)16(24)18-14(12)23/h3-6,11-13,15,17,22H,7-8H2,1-2H3,(H,18,23,24). The second-order valence-corrected chi connectivity index (χ2v) is 6.67. The summed E-state index contributed by atoms with van der Waals surface area (Å²) in [6.45, 7) is 2.88. The normalized spacial score (nSPS) is 33.3. The van der Waals surface area contributed by atoms with Gasteiger partial charge in [0.1, 0.15) is 18.5 Å². The van der Waals surface area contributed by atoms with Crippen LogP contribution in [0.2, 0.25) is 0 Å². The number of β-amino-alcohol motifs (C(OH)–C–C–N with tert-alkyl or cyclic N) is 1. The molecule has 24 heavy (non-hydrogen) atoms. The highest BCUT2D eigenvalue weighted by molar-refractivity contribution is 6.00. The summed E-state index contributed by atoms with van der Waals surface area (Å²) in [5.41, 5.74) is 2.13. The summed E-state index contributed by atoms with van der Waals surface area (Å²) in [4.78, 5) is 29.7. The van der Waals surface area contributed by atoms with Gasteiger partial charge in [0.25, 0.3) is 0 Å². The number of rotatable bonds is 1. The molecule has 0 aromatic heterocycles. The van der Waals surface area contributed by atoms with Gasteiger partial charge in [0.05, 0.1) is 6.10 Å². The number of amides is 3. The maximum absolute atomic E-state index is 12.3. The van der Waals surface area contributed by atoms with Crippen LogP contribution >= 0.6 is 0 Å². The fraction of sp³-hybridized carbons (Fsp3) is 0.500. The van der Waals surface area contributed by atoms with Crippen LogP contribution in [0.15, 0.2) is 24.3 Å². The van der Waals surface area contributed by atoms with Gasteiger partial charge in [-0.15, -0.1) is 0 Å². The zero-order valence-electron chi connectivity index (χ0n) is 13.6. The number of aliphatic hydroxyl groups excluding tert-OH is 1. The fourth-order valence-corrected chi connectivity index (χ4v) is 3.78. The number of anilines is 1. The summed E-state index contributed by atoms with van der Waals surface area (Å²) < 4.78 is 0. The average molecular weight is 331 g/mol. The molecule has 0 bridgehead atoms. The summed E-state index contributed by atoms with van der Waals surface area (Å²) >= 11 is 0. The van der Waals surface area contributed by atoms with Crippen LogP contribution in [0.3, 0.4) is 0 Å². The molecule has 8 heteroatoms. The van der Waals surface area contributed by atoms with Gasteiger partial charge in [-0.05, 0) is 19.1 Å². The first kappa shape index (κ1) is 15.4.